The summed E-state index contributed by atoms with van der Waals surface area (Å²) in [6.45, 7) is 0. The number of methoxy groups -OCH3 is 1. The summed E-state index contributed by atoms with van der Waals surface area (Å²) < 4.78 is 33.0. The summed E-state index contributed by atoms with van der Waals surface area (Å²) in [5.74, 6) is -3.25. The molecule has 7 nitrogen and oxygen atoms in total. The van der Waals surface area contributed by atoms with Crippen molar-refractivity contribution < 1.29 is 27.9 Å². The van der Waals surface area contributed by atoms with E-state index in [9.17, 15) is 18.4 Å². The number of hydrogen-bond acceptors (Lipinski definition) is 6. The molecular formula is C19H12ClF2N3O4. The van der Waals surface area contributed by atoms with Crippen molar-refractivity contribution >= 4 is 29.8 Å². The van der Waals surface area contributed by atoms with Crippen LogP contribution in [0.3, 0.4) is 0 Å². The Kier molecular flexibility index (Phi) is 5.99. The fraction of sp³-hybridized carbons (Fsp3) is 0.0526. The number of rotatable bonds is 5. The van der Waals surface area contributed by atoms with Gasteiger partial charge in [-0.2, -0.15) is 5.10 Å². The third kappa shape index (κ3) is 4.46. The third-order valence-corrected chi connectivity index (χ3v) is 3.99. The van der Waals surface area contributed by atoms with E-state index in [-0.39, 0.29) is 22.5 Å². The van der Waals surface area contributed by atoms with E-state index in [1.165, 1.54) is 24.3 Å². The normalized spacial score (nSPS) is 10.9. The molecule has 10 heteroatoms. The van der Waals surface area contributed by atoms with Gasteiger partial charge in [-0.1, -0.05) is 16.8 Å². The predicted molar refractivity (Wildman–Crippen MR) is 99.3 cm³/mol. The molecule has 0 aliphatic heterocycles. The molecule has 3 rings (SSSR count). The minimum absolute atomic E-state index is 0.0359. The van der Waals surface area contributed by atoms with Gasteiger partial charge in [0, 0.05) is 11.1 Å². The first-order valence-electron chi connectivity index (χ1n) is 8.02. The summed E-state index contributed by atoms with van der Waals surface area (Å²) in [5, 5.41) is 7.91. The minimum Gasteiger partial charge on any atom is -0.465 e. The Morgan fingerprint density at radius 3 is 2.52 bits per heavy atom. The maximum Gasteiger partial charge on any atom is 0.365 e. The maximum atomic E-state index is 14.2. The average molecular weight is 420 g/mol. The van der Waals surface area contributed by atoms with E-state index in [0.29, 0.717) is 11.1 Å². The number of hydrogen-bond donors (Lipinski definition) is 0. The molecule has 0 aliphatic rings. The van der Waals surface area contributed by atoms with Crippen molar-refractivity contribution in [1.29, 1.82) is 0 Å². The van der Waals surface area contributed by atoms with E-state index >= 15 is 0 Å². The maximum absolute atomic E-state index is 14.2. The van der Waals surface area contributed by atoms with Crippen LogP contribution in [0.4, 0.5) is 8.78 Å². The van der Waals surface area contributed by atoms with Crippen molar-refractivity contribution in [3.8, 4) is 5.69 Å². The molecule has 0 bridgehead atoms. The summed E-state index contributed by atoms with van der Waals surface area (Å²) in [6, 6.07) is 8.72. The SMILES string of the molecule is COC(=O)c1cnn(-c2ccc(F)cc2F)c1/C=N\OC(=O)c1ccc(Cl)cc1. The highest BCUT2D eigenvalue weighted by Gasteiger charge is 2.20. The van der Waals surface area contributed by atoms with E-state index < -0.39 is 23.6 Å². The number of oxime groups is 1. The lowest BCUT2D eigenvalue weighted by atomic mass is 10.2. The number of esters is 1. The van der Waals surface area contributed by atoms with E-state index in [0.717, 1.165) is 36.3 Å². The van der Waals surface area contributed by atoms with Crippen molar-refractivity contribution in [3.63, 3.8) is 0 Å². The molecule has 29 heavy (non-hydrogen) atoms. The Labute approximate surface area is 168 Å². The van der Waals surface area contributed by atoms with Crippen molar-refractivity contribution in [3.05, 3.63) is 82.1 Å². The smallest absolute Gasteiger partial charge is 0.365 e. The van der Waals surface area contributed by atoms with Crippen LogP contribution in [-0.4, -0.2) is 35.0 Å². The van der Waals surface area contributed by atoms with Gasteiger partial charge in [0.1, 0.15) is 22.8 Å². The molecule has 0 saturated heterocycles. The third-order valence-electron chi connectivity index (χ3n) is 3.74. The molecule has 0 aliphatic carbocycles. The largest absolute Gasteiger partial charge is 0.465 e. The second-order valence-electron chi connectivity index (χ2n) is 5.56. The van der Waals surface area contributed by atoms with Gasteiger partial charge in [0.05, 0.1) is 25.1 Å². The summed E-state index contributed by atoms with van der Waals surface area (Å²) in [5.41, 5.74) is -0.0568. The van der Waals surface area contributed by atoms with Gasteiger partial charge < -0.3 is 9.57 Å². The molecule has 3 aromatic rings. The predicted octanol–water partition coefficient (Wildman–Crippen LogP) is 3.78. The fourth-order valence-corrected chi connectivity index (χ4v) is 2.48. The zero-order valence-corrected chi connectivity index (χ0v) is 15.6. The molecule has 0 spiro atoms. The van der Waals surface area contributed by atoms with Crippen LogP contribution in [0.15, 0.2) is 53.8 Å². The number of nitrogens with zero attached hydrogens (tertiary/aromatic N) is 3. The zero-order valence-electron chi connectivity index (χ0n) is 14.8. The van der Waals surface area contributed by atoms with E-state index in [2.05, 4.69) is 15.0 Å². The van der Waals surface area contributed by atoms with Crippen molar-refractivity contribution in [2.75, 3.05) is 7.11 Å². The van der Waals surface area contributed by atoms with E-state index in [1.54, 1.807) is 0 Å². The number of halogens is 3. The lowest BCUT2D eigenvalue weighted by Crippen LogP contribution is -2.10. The van der Waals surface area contributed by atoms with Gasteiger partial charge >= 0.3 is 11.9 Å². The average Bonchev–Trinajstić information content (AvgIpc) is 3.11. The summed E-state index contributed by atoms with van der Waals surface area (Å²) in [7, 11) is 1.15. The molecule has 0 saturated carbocycles. The quantitative estimate of drug-likeness (QED) is 0.272. The highest BCUT2D eigenvalue weighted by molar-refractivity contribution is 6.30. The Hall–Kier alpha value is -3.59. The van der Waals surface area contributed by atoms with Gasteiger partial charge in [-0.3, -0.25) is 0 Å². The van der Waals surface area contributed by atoms with Gasteiger partial charge in [0.15, 0.2) is 5.82 Å². The first-order chi connectivity index (χ1) is 13.9. The molecule has 0 amide bonds. The number of ether oxygens (including phenoxy) is 1. The molecule has 0 fully saturated rings. The molecule has 1 heterocycles. The van der Waals surface area contributed by atoms with Gasteiger partial charge in [0.2, 0.25) is 0 Å². The number of benzene rings is 2. The highest BCUT2D eigenvalue weighted by atomic mass is 35.5. The second kappa shape index (κ2) is 8.61. The molecule has 1 aromatic heterocycles. The van der Waals surface area contributed by atoms with E-state index in [1.807, 2.05) is 0 Å². The van der Waals surface area contributed by atoms with Crippen LogP contribution in [0.25, 0.3) is 5.69 Å². The lowest BCUT2D eigenvalue weighted by molar-refractivity contribution is 0.0519. The first-order valence-corrected chi connectivity index (χ1v) is 8.40. The van der Waals surface area contributed by atoms with Crippen molar-refractivity contribution in [1.82, 2.24) is 9.78 Å². The Bertz CT molecular complexity index is 1100. The fourth-order valence-electron chi connectivity index (χ4n) is 2.36. The summed E-state index contributed by atoms with van der Waals surface area (Å²) in [4.78, 5) is 28.8. The lowest BCUT2D eigenvalue weighted by Gasteiger charge is -2.07. The van der Waals surface area contributed by atoms with Crippen LogP contribution < -0.4 is 0 Å². The monoisotopic (exact) mass is 419 g/mol. The van der Waals surface area contributed by atoms with Crippen molar-refractivity contribution in [2.45, 2.75) is 0 Å². The molecule has 0 unspecified atom stereocenters. The van der Waals surface area contributed by atoms with Crippen LogP contribution >= 0.6 is 11.6 Å². The molecular weight excluding hydrogens is 408 g/mol. The highest BCUT2D eigenvalue weighted by Crippen LogP contribution is 2.19. The molecule has 0 atom stereocenters. The van der Waals surface area contributed by atoms with Gasteiger partial charge in [-0.05, 0) is 36.4 Å². The van der Waals surface area contributed by atoms with Gasteiger partial charge in [-0.25, -0.2) is 23.1 Å². The number of aromatic nitrogens is 2. The minimum atomic E-state index is -0.919. The number of carbonyl (C=O) groups is 2. The van der Waals surface area contributed by atoms with Crippen molar-refractivity contribution in [2.24, 2.45) is 5.16 Å². The zero-order chi connectivity index (χ0) is 21.0. The van der Waals surface area contributed by atoms with Crippen LogP contribution in [0.1, 0.15) is 26.4 Å². The van der Waals surface area contributed by atoms with E-state index in [4.69, 9.17) is 16.4 Å². The first kappa shape index (κ1) is 20.2. The van der Waals surface area contributed by atoms with Gasteiger partial charge in [0.25, 0.3) is 0 Å². The van der Waals surface area contributed by atoms with Gasteiger partial charge in [-0.15, -0.1) is 0 Å². The van der Waals surface area contributed by atoms with Crippen LogP contribution in [0.2, 0.25) is 5.02 Å². The number of carbonyl (C=O) groups excluding carboxylic acids is 2. The molecule has 148 valence electrons. The van der Waals surface area contributed by atoms with Crippen LogP contribution in [-0.2, 0) is 9.57 Å². The Morgan fingerprint density at radius 2 is 1.86 bits per heavy atom. The molecule has 0 radical (unpaired) electrons. The topological polar surface area (TPSA) is 82.8 Å². The summed E-state index contributed by atoms with van der Waals surface area (Å²) >= 11 is 5.76. The van der Waals surface area contributed by atoms with Crippen LogP contribution in [0.5, 0.6) is 0 Å². The Morgan fingerprint density at radius 1 is 1.14 bits per heavy atom. The Balaban J connectivity index is 1.93. The molecule has 2 aromatic carbocycles. The summed E-state index contributed by atoms with van der Waals surface area (Å²) in [6.07, 6.45) is 2.12. The standard InChI is InChI=1S/C19H12ClF2N3O4/c1-28-19(27)14-9-23-25(16-7-6-13(21)8-15(16)22)17(14)10-24-29-18(26)11-2-4-12(20)5-3-11/h2-10H,1H3/b24-10-. The second-order valence-corrected chi connectivity index (χ2v) is 6.00. The van der Waals surface area contributed by atoms with Crippen LogP contribution in [0, 0.1) is 11.6 Å². The molecule has 0 N–H and O–H groups in total.